The summed E-state index contributed by atoms with van der Waals surface area (Å²) in [6, 6.07) is 12.6. The van der Waals surface area contributed by atoms with Gasteiger partial charge < -0.3 is 10.4 Å². The van der Waals surface area contributed by atoms with E-state index in [0.29, 0.717) is 10.0 Å². The number of phenolic OH excluding ortho intramolecular Hbond substituents is 1. The van der Waals surface area contributed by atoms with E-state index in [1.807, 2.05) is 24.3 Å². The maximum absolute atomic E-state index is 12.1. The van der Waals surface area contributed by atoms with Crippen molar-refractivity contribution in [1.29, 1.82) is 0 Å². The topological polar surface area (TPSA) is 49.3 Å². The monoisotopic (exact) mass is 347 g/mol. The summed E-state index contributed by atoms with van der Waals surface area (Å²) in [6.45, 7) is 2.17. The Morgan fingerprint density at radius 2 is 1.90 bits per heavy atom. The Morgan fingerprint density at radius 1 is 1.19 bits per heavy atom. The largest absolute Gasteiger partial charge is 0.507 e. The third-order valence-corrected chi connectivity index (χ3v) is 3.91. The minimum atomic E-state index is -0.237. The van der Waals surface area contributed by atoms with E-state index in [1.54, 1.807) is 12.1 Å². The summed E-state index contributed by atoms with van der Waals surface area (Å²) in [5.41, 5.74) is 2.45. The molecule has 0 spiro atoms. The lowest BCUT2D eigenvalue weighted by Crippen LogP contribution is -2.11. The molecule has 1 amide bonds. The van der Waals surface area contributed by atoms with Crippen LogP contribution in [0.2, 0.25) is 0 Å². The number of rotatable bonds is 5. The van der Waals surface area contributed by atoms with Crippen LogP contribution in [0, 0.1) is 0 Å². The molecular weight excluding hydrogens is 330 g/mol. The summed E-state index contributed by atoms with van der Waals surface area (Å²) in [5.74, 6) is -0.184. The normalized spacial score (nSPS) is 10.4. The molecule has 2 aromatic rings. The zero-order valence-electron chi connectivity index (χ0n) is 11.9. The van der Waals surface area contributed by atoms with Crippen LogP contribution in [0.25, 0.3) is 0 Å². The predicted octanol–water partition coefficient (Wildman–Crippen LogP) is 4.75. The second-order valence-corrected chi connectivity index (χ2v) is 5.78. The third-order valence-electron chi connectivity index (χ3n) is 3.24. The van der Waals surface area contributed by atoms with Gasteiger partial charge in [0.15, 0.2) is 0 Å². The van der Waals surface area contributed by atoms with E-state index >= 15 is 0 Å². The number of phenols is 1. The van der Waals surface area contributed by atoms with Crippen LogP contribution in [-0.4, -0.2) is 11.0 Å². The molecule has 0 saturated carbocycles. The Hall–Kier alpha value is -1.81. The maximum Gasteiger partial charge on any atom is 0.255 e. The number of amides is 1. The number of halogens is 1. The van der Waals surface area contributed by atoms with Gasteiger partial charge in [0.25, 0.3) is 5.91 Å². The Labute approximate surface area is 133 Å². The number of anilines is 1. The lowest BCUT2D eigenvalue weighted by atomic mass is 10.1. The van der Waals surface area contributed by atoms with Gasteiger partial charge in [-0.2, -0.15) is 0 Å². The first-order valence-electron chi connectivity index (χ1n) is 6.99. The van der Waals surface area contributed by atoms with Crippen molar-refractivity contribution in [1.82, 2.24) is 0 Å². The highest BCUT2D eigenvalue weighted by atomic mass is 79.9. The maximum atomic E-state index is 12.1. The van der Waals surface area contributed by atoms with E-state index in [0.717, 1.165) is 12.1 Å². The molecule has 2 rings (SSSR count). The molecule has 0 radical (unpaired) electrons. The van der Waals surface area contributed by atoms with Crippen molar-refractivity contribution in [3.8, 4) is 5.75 Å². The SMILES string of the molecule is CCCCc1ccc(NC(=O)c2ccc(Br)c(O)c2)cc1. The summed E-state index contributed by atoms with van der Waals surface area (Å²) in [5, 5.41) is 12.4. The molecule has 0 fully saturated rings. The average Bonchev–Trinajstić information content (AvgIpc) is 2.49. The highest BCUT2D eigenvalue weighted by Gasteiger charge is 2.08. The van der Waals surface area contributed by atoms with Gasteiger partial charge >= 0.3 is 0 Å². The summed E-state index contributed by atoms with van der Waals surface area (Å²) < 4.78 is 0.569. The van der Waals surface area contributed by atoms with E-state index in [2.05, 4.69) is 28.2 Å². The average molecular weight is 348 g/mol. The standard InChI is InChI=1S/C17H18BrNO2/c1-2-3-4-12-5-8-14(9-6-12)19-17(21)13-7-10-15(18)16(20)11-13/h5-11,20H,2-4H2,1H3,(H,19,21). The first kappa shape index (κ1) is 15.6. The number of nitrogens with one attached hydrogen (secondary N) is 1. The molecule has 110 valence electrons. The molecule has 21 heavy (non-hydrogen) atoms. The molecular formula is C17H18BrNO2. The minimum absolute atomic E-state index is 0.0533. The van der Waals surface area contributed by atoms with Gasteiger partial charge in [0, 0.05) is 11.3 Å². The van der Waals surface area contributed by atoms with Gasteiger partial charge in [-0.25, -0.2) is 0 Å². The van der Waals surface area contributed by atoms with Crippen LogP contribution in [0.1, 0.15) is 35.7 Å². The summed E-state index contributed by atoms with van der Waals surface area (Å²) in [7, 11) is 0. The molecule has 0 bridgehead atoms. The van der Waals surface area contributed by atoms with Crippen molar-refractivity contribution in [3.05, 3.63) is 58.1 Å². The summed E-state index contributed by atoms with van der Waals surface area (Å²) >= 11 is 3.19. The van der Waals surface area contributed by atoms with Crippen LogP contribution in [-0.2, 0) is 6.42 Å². The summed E-state index contributed by atoms with van der Waals surface area (Å²) in [6.07, 6.45) is 3.40. The minimum Gasteiger partial charge on any atom is -0.507 e. The zero-order chi connectivity index (χ0) is 15.2. The quantitative estimate of drug-likeness (QED) is 0.819. The van der Waals surface area contributed by atoms with Gasteiger partial charge in [0.2, 0.25) is 0 Å². The highest BCUT2D eigenvalue weighted by molar-refractivity contribution is 9.10. The first-order valence-corrected chi connectivity index (χ1v) is 7.78. The molecule has 2 N–H and O–H groups in total. The van der Waals surface area contributed by atoms with Crippen LogP contribution in [0.15, 0.2) is 46.9 Å². The lowest BCUT2D eigenvalue weighted by molar-refractivity contribution is 0.102. The number of carbonyl (C=O) groups is 1. The Bertz CT molecular complexity index is 623. The number of aromatic hydroxyl groups is 1. The molecule has 0 aliphatic heterocycles. The van der Waals surface area contributed by atoms with Gasteiger partial charge in [-0.1, -0.05) is 25.5 Å². The van der Waals surface area contributed by atoms with E-state index in [4.69, 9.17) is 0 Å². The lowest BCUT2D eigenvalue weighted by Gasteiger charge is -2.07. The van der Waals surface area contributed by atoms with Crippen molar-refractivity contribution in [2.24, 2.45) is 0 Å². The Kier molecular flexibility index (Phi) is 5.39. The molecule has 0 aliphatic carbocycles. The highest BCUT2D eigenvalue weighted by Crippen LogP contribution is 2.24. The second-order valence-electron chi connectivity index (χ2n) is 4.92. The van der Waals surface area contributed by atoms with Gasteiger partial charge in [0.05, 0.1) is 4.47 Å². The van der Waals surface area contributed by atoms with Crippen molar-refractivity contribution >= 4 is 27.5 Å². The first-order chi connectivity index (χ1) is 10.1. The fourth-order valence-electron chi connectivity index (χ4n) is 1.99. The fourth-order valence-corrected chi connectivity index (χ4v) is 2.24. The predicted molar refractivity (Wildman–Crippen MR) is 88.8 cm³/mol. The molecule has 0 saturated heterocycles. The van der Waals surface area contributed by atoms with E-state index < -0.39 is 0 Å². The van der Waals surface area contributed by atoms with Gasteiger partial charge in [-0.15, -0.1) is 0 Å². The van der Waals surface area contributed by atoms with Crippen molar-refractivity contribution in [3.63, 3.8) is 0 Å². The molecule has 4 heteroatoms. The fraction of sp³-hybridized carbons (Fsp3) is 0.235. The second kappa shape index (κ2) is 7.27. The third kappa shape index (κ3) is 4.33. The molecule has 0 aliphatic rings. The molecule has 0 atom stereocenters. The zero-order valence-corrected chi connectivity index (χ0v) is 13.5. The van der Waals surface area contributed by atoms with Crippen molar-refractivity contribution in [2.75, 3.05) is 5.32 Å². The number of benzene rings is 2. The molecule has 3 nitrogen and oxygen atoms in total. The number of unbranched alkanes of at least 4 members (excludes halogenated alkanes) is 1. The number of carbonyl (C=O) groups excluding carboxylic acids is 1. The van der Waals surface area contributed by atoms with Crippen LogP contribution in [0.5, 0.6) is 5.75 Å². The van der Waals surface area contributed by atoms with Crippen LogP contribution >= 0.6 is 15.9 Å². The number of hydrogen-bond donors (Lipinski definition) is 2. The van der Waals surface area contributed by atoms with Crippen molar-refractivity contribution < 1.29 is 9.90 Å². The van der Waals surface area contributed by atoms with Crippen LogP contribution in [0.4, 0.5) is 5.69 Å². The Balaban J connectivity index is 2.03. The molecule has 0 unspecified atom stereocenters. The molecule has 0 aromatic heterocycles. The number of aryl methyl sites for hydroxylation is 1. The van der Waals surface area contributed by atoms with E-state index in [1.165, 1.54) is 24.5 Å². The van der Waals surface area contributed by atoms with Gasteiger partial charge in [-0.05, 0) is 64.7 Å². The smallest absolute Gasteiger partial charge is 0.255 e. The van der Waals surface area contributed by atoms with Crippen molar-refractivity contribution in [2.45, 2.75) is 26.2 Å². The van der Waals surface area contributed by atoms with Crippen LogP contribution < -0.4 is 5.32 Å². The molecule has 2 aromatic carbocycles. The number of hydrogen-bond acceptors (Lipinski definition) is 2. The Morgan fingerprint density at radius 3 is 2.52 bits per heavy atom. The molecule has 0 heterocycles. The van der Waals surface area contributed by atoms with Gasteiger partial charge in [-0.3, -0.25) is 4.79 Å². The van der Waals surface area contributed by atoms with Crippen LogP contribution in [0.3, 0.4) is 0 Å². The summed E-state index contributed by atoms with van der Waals surface area (Å²) in [4.78, 5) is 12.1. The van der Waals surface area contributed by atoms with E-state index in [-0.39, 0.29) is 11.7 Å². The van der Waals surface area contributed by atoms with E-state index in [9.17, 15) is 9.90 Å². The van der Waals surface area contributed by atoms with Gasteiger partial charge in [0.1, 0.15) is 5.75 Å².